The molecule has 3 aromatic carbocycles. The van der Waals surface area contributed by atoms with Gasteiger partial charge in [0.15, 0.2) is 6.10 Å². The minimum Gasteiger partial charge on any atom is -0.449 e. The van der Waals surface area contributed by atoms with Crippen molar-refractivity contribution in [1.29, 1.82) is 0 Å². The van der Waals surface area contributed by atoms with Crippen molar-refractivity contribution in [2.24, 2.45) is 0 Å². The summed E-state index contributed by atoms with van der Waals surface area (Å²) >= 11 is 0. The van der Waals surface area contributed by atoms with Crippen LogP contribution in [0.2, 0.25) is 0 Å². The van der Waals surface area contributed by atoms with E-state index in [4.69, 9.17) is 4.74 Å². The van der Waals surface area contributed by atoms with E-state index >= 15 is 0 Å². The first-order chi connectivity index (χ1) is 19.3. The largest absolute Gasteiger partial charge is 0.449 e. The van der Waals surface area contributed by atoms with E-state index in [0.29, 0.717) is 22.5 Å². The Bertz CT molecular complexity index is 1760. The number of amides is 1. The number of anilines is 2. The summed E-state index contributed by atoms with van der Waals surface area (Å²) in [7, 11) is -3.92. The summed E-state index contributed by atoms with van der Waals surface area (Å²) in [6.45, 7) is 1.72. The monoisotopic (exact) mass is 556 g/mol. The van der Waals surface area contributed by atoms with Crippen LogP contribution in [0.15, 0.2) is 96.2 Å². The molecule has 3 N–H and O–H groups in total. The molecule has 0 fully saturated rings. The topological polar surface area (TPSA) is 156 Å². The highest BCUT2D eigenvalue weighted by Crippen LogP contribution is 2.22. The molecule has 0 aliphatic rings. The smallest absolute Gasteiger partial charge is 0.338 e. The zero-order valence-electron chi connectivity index (χ0n) is 21.2. The van der Waals surface area contributed by atoms with Gasteiger partial charge in [0.25, 0.3) is 15.9 Å². The number of aromatic amines is 1. The van der Waals surface area contributed by atoms with Gasteiger partial charge in [-0.05, 0) is 55.0 Å². The number of ether oxygens (including phenoxy) is 1. The average Bonchev–Trinajstić information content (AvgIpc) is 3.40. The molecule has 0 radical (unpaired) electrons. The Labute approximate surface area is 229 Å². The van der Waals surface area contributed by atoms with Crippen molar-refractivity contribution < 1.29 is 22.7 Å². The van der Waals surface area contributed by atoms with Crippen LogP contribution in [0.1, 0.15) is 23.7 Å². The average molecular weight is 557 g/mol. The zero-order chi connectivity index (χ0) is 28.1. The summed E-state index contributed by atoms with van der Waals surface area (Å²) in [6, 6.07) is 21.6. The number of nitrogens with one attached hydrogen (secondary N) is 3. The van der Waals surface area contributed by atoms with Gasteiger partial charge in [-0.2, -0.15) is 0 Å². The molecular formula is C28H24N6O5S. The summed E-state index contributed by atoms with van der Waals surface area (Å²) < 4.78 is 32.9. The molecule has 2 aromatic heterocycles. The van der Waals surface area contributed by atoms with Gasteiger partial charge in [0.1, 0.15) is 5.82 Å². The van der Waals surface area contributed by atoms with E-state index in [-0.39, 0.29) is 22.8 Å². The first-order valence-corrected chi connectivity index (χ1v) is 13.8. The molecule has 1 atom stereocenters. The maximum atomic E-state index is 12.9. The zero-order valence-corrected chi connectivity index (χ0v) is 22.1. The summed E-state index contributed by atoms with van der Waals surface area (Å²) in [6.07, 6.45) is 2.00. The number of nitrogens with zero attached hydrogens (tertiary/aromatic N) is 3. The quantitative estimate of drug-likeness (QED) is 0.226. The van der Waals surface area contributed by atoms with Crippen LogP contribution >= 0.6 is 0 Å². The van der Waals surface area contributed by atoms with Crippen LogP contribution in [0, 0.1) is 0 Å². The lowest BCUT2D eigenvalue weighted by molar-refractivity contribution is -0.124. The summed E-state index contributed by atoms with van der Waals surface area (Å²) in [5.74, 6) is -0.586. The Morgan fingerprint density at radius 2 is 1.68 bits per heavy atom. The van der Waals surface area contributed by atoms with Crippen molar-refractivity contribution in [3.63, 3.8) is 0 Å². The minimum atomic E-state index is -3.92. The number of fused-ring (bicyclic) bond motifs is 1. The number of benzene rings is 3. The highest BCUT2D eigenvalue weighted by Gasteiger charge is 2.23. The van der Waals surface area contributed by atoms with E-state index in [0.717, 1.165) is 5.56 Å². The van der Waals surface area contributed by atoms with Crippen LogP contribution in [0.3, 0.4) is 0 Å². The maximum absolute atomic E-state index is 12.9. The normalized spacial score (nSPS) is 12.0. The lowest BCUT2D eigenvalue weighted by Crippen LogP contribution is -2.32. The SMILES string of the molecule is CCC(OC(=O)c1ccc2nc(-c3ccccc3)[nH]c2c1)C(=O)Nc1ccc(S(=O)(=O)Nc2ncccn2)cc1. The number of carbonyl (C=O) groups excluding carboxylic acids is 2. The molecule has 5 rings (SSSR count). The van der Waals surface area contributed by atoms with Gasteiger partial charge in [-0.1, -0.05) is 37.3 Å². The third kappa shape index (κ3) is 5.97. The minimum absolute atomic E-state index is 0.0407. The Hall–Kier alpha value is -5.10. The summed E-state index contributed by atoms with van der Waals surface area (Å²) in [5.41, 5.74) is 2.87. The van der Waals surface area contributed by atoms with Crippen molar-refractivity contribution >= 4 is 44.6 Å². The number of esters is 1. The van der Waals surface area contributed by atoms with Gasteiger partial charge in [0.05, 0.1) is 21.5 Å². The molecule has 1 amide bonds. The molecule has 2 heterocycles. The van der Waals surface area contributed by atoms with E-state index in [2.05, 4.69) is 30.0 Å². The van der Waals surface area contributed by atoms with Gasteiger partial charge in [-0.15, -0.1) is 0 Å². The predicted octanol–water partition coefficient (Wildman–Crippen LogP) is 4.39. The number of imidazole rings is 1. The van der Waals surface area contributed by atoms with Crippen LogP contribution in [0.5, 0.6) is 0 Å². The Balaban J connectivity index is 1.23. The van der Waals surface area contributed by atoms with Gasteiger partial charge >= 0.3 is 5.97 Å². The molecule has 0 saturated carbocycles. The van der Waals surface area contributed by atoms with Crippen LogP contribution < -0.4 is 10.0 Å². The molecule has 40 heavy (non-hydrogen) atoms. The number of rotatable bonds is 9. The predicted molar refractivity (Wildman–Crippen MR) is 149 cm³/mol. The number of hydrogen-bond donors (Lipinski definition) is 3. The highest BCUT2D eigenvalue weighted by molar-refractivity contribution is 7.92. The van der Waals surface area contributed by atoms with Crippen molar-refractivity contribution in [3.8, 4) is 11.4 Å². The van der Waals surface area contributed by atoms with Crippen LogP contribution in [0.4, 0.5) is 11.6 Å². The third-order valence-electron chi connectivity index (χ3n) is 5.90. The van der Waals surface area contributed by atoms with Crippen LogP contribution in [-0.4, -0.2) is 46.3 Å². The molecule has 0 aliphatic heterocycles. The second-order valence-electron chi connectivity index (χ2n) is 8.68. The van der Waals surface area contributed by atoms with Gasteiger partial charge in [0, 0.05) is 23.6 Å². The summed E-state index contributed by atoms with van der Waals surface area (Å²) in [4.78, 5) is 41.1. The standard InChI is InChI=1S/C28H24N6O5S/c1-2-24(26(35)31-20-10-12-21(13-11-20)40(37,38)34-28-29-15-6-16-30-28)39-27(36)19-9-14-22-23(17-19)33-25(32-22)18-7-4-3-5-8-18/h3-17,24H,2H2,1H3,(H,31,35)(H,32,33)(H,29,30,34). The maximum Gasteiger partial charge on any atom is 0.338 e. The fourth-order valence-electron chi connectivity index (χ4n) is 3.86. The van der Waals surface area contributed by atoms with E-state index in [1.165, 1.54) is 36.7 Å². The molecule has 11 nitrogen and oxygen atoms in total. The highest BCUT2D eigenvalue weighted by atomic mass is 32.2. The molecule has 0 spiro atoms. The van der Waals surface area contributed by atoms with Crippen LogP contribution in [-0.2, 0) is 19.6 Å². The Kier molecular flexibility index (Phi) is 7.51. The fraction of sp³-hybridized carbons (Fsp3) is 0.107. The lowest BCUT2D eigenvalue weighted by Gasteiger charge is -2.16. The number of hydrogen-bond acceptors (Lipinski definition) is 8. The van der Waals surface area contributed by atoms with E-state index in [1.54, 1.807) is 31.2 Å². The Morgan fingerprint density at radius 1 is 0.950 bits per heavy atom. The molecule has 0 bridgehead atoms. The Morgan fingerprint density at radius 3 is 2.38 bits per heavy atom. The van der Waals surface area contributed by atoms with Gasteiger partial charge in [-0.25, -0.2) is 32.9 Å². The van der Waals surface area contributed by atoms with Gasteiger partial charge < -0.3 is 15.0 Å². The molecule has 0 saturated heterocycles. The number of sulfonamides is 1. The van der Waals surface area contributed by atoms with E-state index < -0.39 is 28.0 Å². The second-order valence-corrected chi connectivity index (χ2v) is 10.4. The fourth-order valence-corrected chi connectivity index (χ4v) is 4.82. The van der Waals surface area contributed by atoms with Crippen molar-refractivity contribution in [3.05, 3.63) is 96.8 Å². The van der Waals surface area contributed by atoms with Crippen molar-refractivity contribution in [1.82, 2.24) is 19.9 Å². The molecule has 1 unspecified atom stereocenters. The molecule has 5 aromatic rings. The second kappa shape index (κ2) is 11.3. The molecular weight excluding hydrogens is 532 g/mol. The van der Waals surface area contributed by atoms with E-state index in [1.807, 2.05) is 30.3 Å². The number of H-pyrrole nitrogens is 1. The van der Waals surface area contributed by atoms with E-state index in [9.17, 15) is 18.0 Å². The lowest BCUT2D eigenvalue weighted by atomic mass is 10.2. The third-order valence-corrected chi connectivity index (χ3v) is 7.24. The van der Waals surface area contributed by atoms with Crippen LogP contribution in [0.25, 0.3) is 22.4 Å². The van der Waals surface area contributed by atoms with Crippen molar-refractivity contribution in [2.75, 3.05) is 10.0 Å². The molecule has 12 heteroatoms. The van der Waals surface area contributed by atoms with Gasteiger partial charge in [0.2, 0.25) is 5.95 Å². The molecule has 0 aliphatic carbocycles. The van der Waals surface area contributed by atoms with Crippen molar-refractivity contribution in [2.45, 2.75) is 24.3 Å². The number of carbonyl (C=O) groups is 2. The first kappa shape index (κ1) is 26.5. The summed E-state index contributed by atoms with van der Waals surface area (Å²) in [5, 5.41) is 2.66. The molecule has 202 valence electrons. The first-order valence-electron chi connectivity index (χ1n) is 12.3. The van der Waals surface area contributed by atoms with Gasteiger partial charge in [-0.3, -0.25) is 4.79 Å². The number of aromatic nitrogens is 4.